The summed E-state index contributed by atoms with van der Waals surface area (Å²) in [6.45, 7) is 3.58. The van der Waals surface area contributed by atoms with Crippen molar-refractivity contribution in [2.24, 2.45) is 0 Å². The van der Waals surface area contributed by atoms with Crippen molar-refractivity contribution in [3.8, 4) is 0 Å². The minimum absolute atomic E-state index is 0.0448. The SMILES string of the molecule is Cc1ccc(C(=O)N2C[C@@H](O)C[C@H]2C(=O)O)c(C)n1. The molecule has 0 aliphatic carbocycles. The molecular weight excluding hydrogens is 248 g/mol. The Kier molecular flexibility index (Phi) is 3.53. The second-order valence-electron chi connectivity index (χ2n) is 4.79. The first-order valence-electron chi connectivity index (χ1n) is 6.06. The van der Waals surface area contributed by atoms with Crippen molar-refractivity contribution in [3.63, 3.8) is 0 Å². The van der Waals surface area contributed by atoms with E-state index in [1.807, 2.05) is 6.92 Å². The highest BCUT2D eigenvalue weighted by atomic mass is 16.4. The summed E-state index contributed by atoms with van der Waals surface area (Å²) < 4.78 is 0. The van der Waals surface area contributed by atoms with Gasteiger partial charge in [-0.15, -0.1) is 0 Å². The fourth-order valence-electron chi connectivity index (χ4n) is 2.34. The summed E-state index contributed by atoms with van der Waals surface area (Å²) in [5.74, 6) is -1.49. The second kappa shape index (κ2) is 4.97. The summed E-state index contributed by atoms with van der Waals surface area (Å²) in [6.07, 6.45) is -0.719. The van der Waals surface area contributed by atoms with Crippen LogP contribution in [0.3, 0.4) is 0 Å². The number of hydrogen-bond acceptors (Lipinski definition) is 4. The van der Waals surface area contributed by atoms with Crippen molar-refractivity contribution in [2.45, 2.75) is 32.4 Å². The molecule has 1 saturated heterocycles. The van der Waals surface area contributed by atoms with Gasteiger partial charge in [-0.2, -0.15) is 0 Å². The van der Waals surface area contributed by atoms with Gasteiger partial charge in [0.2, 0.25) is 0 Å². The molecule has 6 heteroatoms. The molecule has 0 radical (unpaired) electrons. The molecule has 1 amide bonds. The van der Waals surface area contributed by atoms with Gasteiger partial charge >= 0.3 is 5.97 Å². The molecule has 6 nitrogen and oxygen atoms in total. The van der Waals surface area contributed by atoms with Crippen molar-refractivity contribution in [1.82, 2.24) is 9.88 Å². The number of β-amino-alcohol motifs (C(OH)–C–C–N with tert-alkyl or cyclic N) is 1. The van der Waals surface area contributed by atoms with E-state index in [0.29, 0.717) is 11.3 Å². The van der Waals surface area contributed by atoms with E-state index in [2.05, 4.69) is 4.98 Å². The quantitative estimate of drug-likeness (QED) is 0.804. The van der Waals surface area contributed by atoms with E-state index in [-0.39, 0.29) is 13.0 Å². The van der Waals surface area contributed by atoms with Crippen LogP contribution in [-0.2, 0) is 4.79 Å². The van der Waals surface area contributed by atoms with Crippen molar-refractivity contribution < 1.29 is 19.8 Å². The van der Waals surface area contributed by atoms with Crippen molar-refractivity contribution in [3.05, 3.63) is 29.1 Å². The highest BCUT2D eigenvalue weighted by molar-refractivity contribution is 5.97. The van der Waals surface area contributed by atoms with Gasteiger partial charge in [-0.25, -0.2) is 4.79 Å². The lowest BCUT2D eigenvalue weighted by Gasteiger charge is -2.21. The molecule has 102 valence electrons. The first kappa shape index (κ1) is 13.5. The number of carbonyl (C=O) groups excluding carboxylic acids is 1. The number of aliphatic hydroxyl groups excluding tert-OH is 1. The number of aliphatic hydroxyl groups is 1. The first-order chi connectivity index (χ1) is 8.90. The maximum Gasteiger partial charge on any atom is 0.326 e. The number of nitrogens with zero attached hydrogens (tertiary/aromatic N) is 2. The fourth-order valence-corrected chi connectivity index (χ4v) is 2.34. The average molecular weight is 264 g/mol. The summed E-state index contributed by atoms with van der Waals surface area (Å²) in [7, 11) is 0. The fraction of sp³-hybridized carbons (Fsp3) is 0.462. The lowest BCUT2D eigenvalue weighted by atomic mass is 10.1. The molecule has 0 saturated carbocycles. The highest BCUT2D eigenvalue weighted by Crippen LogP contribution is 2.22. The van der Waals surface area contributed by atoms with Crippen LogP contribution in [-0.4, -0.2) is 50.7 Å². The number of aryl methyl sites for hydroxylation is 2. The van der Waals surface area contributed by atoms with Gasteiger partial charge in [-0.3, -0.25) is 9.78 Å². The van der Waals surface area contributed by atoms with Gasteiger partial charge < -0.3 is 15.1 Å². The van der Waals surface area contributed by atoms with Gasteiger partial charge in [-0.05, 0) is 26.0 Å². The zero-order valence-corrected chi connectivity index (χ0v) is 10.8. The van der Waals surface area contributed by atoms with Crippen LogP contribution in [0.25, 0.3) is 0 Å². The van der Waals surface area contributed by atoms with Crippen molar-refractivity contribution >= 4 is 11.9 Å². The molecule has 2 N–H and O–H groups in total. The van der Waals surface area contributed by atoms with Crippen LogP contribution in [0.15, 0.2) is 12.1 Å². The smallest absolute Gasteiger partial charge is 0.326 e. The van der Waals surface area contributed by atoms with Gasteiger partial charge in [-0.1, -0.05) is 0 Å². The van der Waals surface area contributed by atoms with E-state index >= 15 is 0 Å². The molecule has 1 aromatic heterocycles. The summed E-state index contributed by atoms with van der Waals surface area (Å²) in [5.41, 5.74) is 1.74. The molecular formula is C13H16N2O4. The lowest BCUT2D eigenvalue weighted by molar-refractivity contribution is -0.141. The van der Waals surface area contributed by atoms with Crippen LogP contribution in [0.2, 0.25) is 0 Å². The second-order valence-corrected chi connectivity index (χ2v) is 4.79. The van der Waals surface area contributed by atoms with Gasteiger partial charge in [0.1, 0.15) is 6.04 Å². The Hall–Kier alpha value is -1.95. The minimum Gasteiger partial charge on any atom is -0.480 e. The number of amides is 1. The molecule has 0 aromatic carbocycles. The molecule has 2 heterocycles. The average Bonchev–Trinajstić information content (AvgIpc) is 2.70. The van der Waals surface area contributed by atoms with E-state index in [1.165, 1.54) is 4.90 Å². The van der Waals surface area contributed by atoms with Gasteiger partial charge in [0, 0.05) is 18.7 Å². The Morgan fingerprint density at radius 1 is 1.37 bits per heavy atom. The Labute approximate surface area is 110 Å². The Morgan fingerprint density at radius 3 is 2.63 bits per heavy atom. The lowest BCUT2D eigenvalue weighted by Crippen LogP contribution is -2.40. The molecule has 0 bridgehead atoms. The molecule has 19 heavy (non-hydrogen) atoms. The standard InChI is InChI=1S/C13H16N2O4/c1-7-3-4-10(8(2)14-7)12(17)15-6-9(16)5-11(15)13(18)19/h3-4,9,11,16H,5-6H2,1-2H3,(H,18,19)/t9-,11-/m0/s1. The van der Waals surface area contributed by atoms with E-state index in [4.69, 9.17) is 5.11 Å². The first-order valence-corrected chi connectivity index (χ1v) is 6.06. The monoisotopic (exact) mass is 264 g/mol. The number of pyridine rings is 1. The van der Waals surface area contributed by atoms with E-state index in [1.54, 1.807) is 19.1 Å². The van der Waals surface area contributed by atoms with Crippen LogP contribution < -0.4 is 0 Å². The van der Waals surface area contributed by atoms with Crippen LogP contribution in [0.4, 0.5) is 0 Å². The summed E-state index contributed by atoms with van der Waals surface area (Å²) >= 11 is 0. The molecule has 0 spiro atoms. The van der Waals surface area contributed by atoms with Crippen LogP contribution in [0.5, 0.6) is 0 Å². The Bertz CT molecular complexity index is 529. The molecule has 0 unspecified atom stereocenters. The largest absolute Gasteiger partial charge is 0.480 e. The zero-order chi connectivity index (χ0) is 14.2. The number of likely N-dealkylation sites (tertiary alicyclic amines) is 1. The van der Waals surface area contributed by atoms with Crippen LogP contribution in [0.1, 0.15) is 28.2 Å². The number of hydrogen-bond donors (Lipinski definition) is 2. The summed E-state index contributed by atoms with van der Waals surface area (Å²) in [4.78, 5) is 28.9. The van der Waals surface area contributed by atoms with Crippen LogP contribution in [0, 0.1) is 13.8 Å². The number of aliphatic carboxylic acids is 1. The maximum absolute atomic E-state index is 12.4. The number of carbonyl (C=O) groups is 2. The van der Waals surface area contributed by atoms with Gasteiger partial charge in [0.15, 0.2) is 0 Å². The highest BCUT2D eigenvalue weighted by Gasteiger charge is 2.39. The third kappa shape index (κ3) is 2.58. The van der Waals surface area contributed by atoms with E-state index in [9.17, 15) is 14.7 Å². The summed E-state index contributed by atoms with van der Waals surface area (Å²) in [6, 6.07) is 2.38. The van der Waals surface area contributed by atoms with E-state index in [0.717, 1.165) is 5.69 Å². The topological polar surface area (TPSA) is 90.7 Å². The molecule has 1 aromatic rings. The van der Waals surface area contributed by atoms with Crippen LogP contribution >= 0.6 is 0 Å². The van der Waals surface area contributed by atoms with Gasteiger partial charge in [0.05, 0.1) is 17.4 Å². The number of rotatable bonds is 2. The third-order valence-electron chi connectivity index (χ3n) is 3.28. The zero-order valence-electron chi connectivity index (χ0n) is 10.8. The molecule has 1 aliphatic rings. The number of carboxylic acid groups (broad SMARTS) is 1. The number of carboxylic acids is 1. The molecule has 1 fully saturated rings. The third-order valence-corrected chi connectivity index (χ3v) is 3.28. The molecule has 2 rings (SSSR count). The van der Waals surface area contributed by atoms with E-state index < -0.39 is 24.0 Å². The van der Waals surface area contributed by atoms with Crippen molar-refractivity contribution in [2.75, 3.05) is 6.54 Å². The number of aromatic nitrogens is 1. The van der Waals surface area contributed by atoms with Crippen molar-refractivity contribution in [1.29, 1.82) is 0 Å². The predicted molar refractivity (Wildman–Crippen MR) is 66.8 cm³/mol. The minimum atomic E-state index is -1.09. The normalized spacial score (nSPS) is 22.6. The maximum atomic E-state index is 12.4. The Morgan fingerprint density at radius 2 is 2.05 bits per heavy atom. The van der Waals surface area contributed by atoms with Gasteiger partial charge in [0.25, 0.3) is 5.91 Å². The molecule has 2 atom stereocenters. The summed E-state index contributed by atoms with van der Waals surface area (Å²) in [5, 5.41) is 18.6. The molecule has 1 aliphatic heterocycles. The Balaban J connectivity index is 2.30. The predicted octanol–water partition coefficient (Wildman–Crippen LogP) is 0.358.